The van der Waals surface area contributed by atoms with Crippen molar-refractivity contribution in [3.63, 3.8) is 0 Å². The van der Waals surface area contributed by atoms with Gasteiger partial charge in [-0.1, -0.05) is 11.3 Å². The number of hydrogen-bond acceptors (Lipinski definition) is 7. The van der Waals surface area contributed by atoms with Gasteiger partial charge in [-0.2, -0.15) is 0 Å². The number of nitrogens with one attached hydrogen (secondary N) is 1. The van der Waals surface area contributed by atoms with Crippen LogP contribution in [0, 0.1) is 13.8 Å². The Labute approximate surface area is 173 Å². The standard InChI is InChI=1S/C18H19BrN4O2S2/c1-8(2)25-13-6-5-11(17(20)24)7-12(13)22-18-23-14(16(19)27-18)15-9(3)21-10(4)26-15/h5-8H,1-4H3,(H2,20,24)(H,22,23). The molecule has 2 aromatic heterocycles. The number of carbonyl (C=O) groups is 1. The van der Waals surface area contributed by atoms with Crippen LogP contribution < -0.4 is 15.8 Å². The minimum atomic E-state index is -0.495. The Morgan fingerprint density at radius 3 is 2.59 bits per heavy atom. The van der Waals surface area contributed by atoms with Crippen molar-refractivity contribution in [1.29, 1.82) is 0 Å². The number of anilines is 2. The molecule has 0 aliphatic carbocycles. The maximum Gasteiger partial charge on any atom is 0.248 e. The van der Waals surface area contributed by atoms with Crippen molar-refractivity contribution in [1.82, 2.24) is 9.97 Å². The van der Waals surface area contributed by atoms with Gasteiger partial charge in [0, 0.05) is 5.56 Å². The second kappa shape index (κ2) is 7.95. The number of amides is 1. The van der Waals surface area contributed by atoms with E-state index in [4.69, 9.17) is 15.5 Å². The number of aromatic nitrogens is 2. The lowest BCUT2D eigenvalue weighted by Gasteiger charge is -2.15. The van der Waals surface area contributed by atoms with Crippen LogP contribution in [0.25, 0.3) is 10.6 Å². The molecule has 0 spiro atoms. The third kappa shape index (κ3) is 4.48. The van der Waals surface area contributed by atoms with E-state index in [0.717, 1.165) is 25.1 Å². The number of aryl methyl sites for hydroxylation is 2. The molecule has 6 nitrogen and oxygen atoms in total. The molecule has 0 saturated heterocycles. The second-order valence-electron chi connectivity index (χ2n) is 6.16. The third-order valence-corrected chi connectivity index (χ3v) is 6.27. The summed E-state index contributed by atoms with van der Waals surface area (Å²) in [5.74, 6) is 0.138. The molecule has 1 aromatic carbocycles. The van der Waals surface area contributed by atoms with Gasteiger partial charge >= 0.3 is 0 Å². The lowest BCUT2D eigenvalue weighted by molar-refractivity contribution is 0.100. The zero-order valence-electron chi connectivity index (χ0n) is 15.3. The van der Waals surface area contributed by atoms with E-state index >= 15 is 0 Å². The number of rotatable bonds is 6. The van der Waals surface area contributed by atoms with Crippen molar-refractivity contribution in [3.05, 3.63) is 38.3 Å². The molecule has 3 N–H and O–H groups in total. The van der Waals surface area contributed by atoms with Gasteiger partial charge in [0.05, 0.1) is 27.4 Å². The average Bonchev–Trinajstić information content (AvgIpc) is 3.09. The first-order chi connectivity index (χ1) is 12.7. The van der Waals surface area contributed by atoms with Gasteiger partial charge in [0.2, 0.25) is 5.91 Å². The third-order valence-electron chi connectivity index (χ3n) is 3.57. The largest absolute Gasteiger partial charge is 0.489 e. The van der Waals surface area contributed by atoms with E-state index < -0.39 is 5.91 Å². The number of nitrogens with zero attached hydrogens (tertiary/aromatic N) is 2. The molecule has 9 heteroatoms. The lowest BCUT2D eigenvalue weighted by atomic mass is 10.1. The monoisotopic (exact) mass is 466 g/mol. The number of halogens is 1. The highest BCUT2D eigenvalue weighted by Crippen LogP contribution is 2.41. The van der Waals surface area contributed by atoms with E-state index in [1.54, 1.807) is 29.5 Å². The molecular weight excluding hydrogens is 448 g/mol. The first-order valence-corrected chi connectivity index (χ1v) is 10.7. The molecule has 2 heterocycles. The zero-order valence-corrected chi connectivity index (χ0v) is 18.5. The molecule has 0 aliphatic heterocycles. The van der Waals surface area contributed by atoms with Crippen molar-refractivity contribution in [2.75, 3.05) is 5.32 Å². The van der Waals surface area contributed by atoms with Gasteiger partial charge in [-0.25, -0.2) is 9.97 Å². The van der Waals surface area contributed by atoms with Gasteiger partial charge in [-0.15, -0.1) is 11.3 Å². The summed E-state index contributed by atoms with van der Waals surface area (Å²) in [7, 11) is 0. The Kier molecular flexibility index (Phi) is 5.83. The predicted octanol–water partition coefficient (Wildman–Crippen LogP) is 5.28. The van der Waals surface area contributed by atoms with Crippen molar-refractivity contribution in [2.24, 2.45) is 5.73 Å². The predicted molar refractivity (Wildman–Crippen MR) is 114 cm³/mol. The van der Waals surface area contributed by atoms with E-state index in [1.165, 1.54) is 11.3 Å². The summed E-state index contributed by atoms with van der Waals surface area (Å²) in [4.78, 5) is 21.8. The molecule has 0 atom stereocenters. The fraction of sp³-hybridized carbons (Fsp3) is 0.278. The van der Waals surface area contributed by atoms with Crippen LogP contribution in [0.5, 0.6) is 5.75 Å². The fourth-order valence-electron chi connectivity index (χ4n) is 2.50. The van der Waals surface area contributed by atoms with Crippen molar-refractivity contribution < 1.29 is 9.53 Å². The first-order valence-electron chi connectivity index (χ1n) is 8.23. The van der Waals surface area contributed by atoms with Gasteiger partial charge in [0.15, 0.2) is 5.13 Å². The Morgan fingerprint density at radius 1 is 1.26 bits per heavy atom. The summed E-state index contributed by atoms with van der Waals surface area (Å²) in [5, 5.41) is 4.94. The van der Waals surface area contributed by atoms with Crippen molar-refractivity contribution >= 4 is 55.3 Å². The van der Waals surface area contributed by atoms with E-state index in [1.807, 2.05) is 27.7 Å². The molecule has 0 bridgehead atoms. The quantitative estimate of drug-likeness (QED) is 0.515. The minimum absolute atomic E-state index is 0.00797. The van der Waals surface area contributed by atoms with Gasteiger partial charge in [-0.3, -0.25) is 4.79 Å². The van der Waals surface area contributed by atoms with Crippen LogP contribution in [0.4, 0.5) is 10.8 Å². The van der Waals surface area contributed by atoms with E-state index in [2.05, 4.69) is 26.2 Å². The summed E-state index contributed by atoms with van der Waals surface area (Å²) < 4.78 is 6.75. The Morgan fingerprint density at radius 2 is 2.00 bits per heavy atom. The summed E-state index contributed by atoms with van der Waals surface area (Å²) in [6, 6.07) is 5.07. The topological polar surface area (TPSA) is 90.1 Å². The molecular formula is C18H19BrN4O2S2. The maximum atomic E-state index is 11.5. The van der Waals surface area contributed by atoms with Crippen molar-refractivity contribution in [2.45, 2.75) is 33.8 Å². The Balaban J connectivity index is 1.97. The van der Waals surface area contributed by atoms with Crippen LogP contribution in [0.3, 0.4) is 0 Å². The molecule has 0 aliphatic rings. The highest BCUT2D eigenvalue weighted by Gasteiger charge is 2.18. The SMILES string of the molecule is Cc1nc(C)c(-c2nc(Nc3cc(C(N)=O)ccc3OC(C)C)sc2Br)s1. The molecule has 0 unspecified atom stereocenters. The summed E-state index contributed by atoms with van der Waals surface area (Å²) in [6.45, 7) is 7.84. The van der Waals surface area contributed by atoms with E-state index in [9.17, 15) is 4.79 Å². The van der Waals surface area contributed by atoms with Crippen LogP contribution in [0.1, 0.15) is 34.9 Å². The van der Waals surface area contributed by atoms with Gasteiger partial charge in [0.1, 0.15) is 15.2 Å². The molecule has 3 rings (SSSR count). The number of benzene rings is 1. The van der Waals surface area contributed by atoms with E-state index in [0.29, 0.717) is 22.1 Å². The van der Waals surface area contributed by atoms with Crippen molar-refractivity contribution in [3.8, 4) is 16.3 Å². The second-order valence-corrected chi connectivity index (χ2v) is 9.68. The molecule has 0 radical (unpaired) electrons. The number of thiazole rings is 2. The van der Waals surface area contributed by atoms with Crippen LogP contribution >= 0.6 is 38.6 Å². The van der Waals surface area contributed by atoms with Crippen LogP contribution in [0.2, 0.25) is 0 Å². The average molecular weight is 467 g/mol. The van der Waals surface area contributed by atoms with Gasteiger partial charge in [-0.05, 0) is 61.8 Å². The highest BCUT2D eigenvalue weighted by atomic mass is 79.9. The number of primary amides is 1. The summed E-state index contributed by atoms with van der Waals surface area (Å²) in [6.07, 6.45) is -0.00797. The maximum absolute atomic E-state index is 11.5. The van der Waals surface area contributed by atoms with Crippen LogP contribution in [-0.2, 0) is 0 Å². The molecule has 27 heavy (non-hydrogen) atoms. The smallest absolute Gasteiger partial charge is 0.248 e. The Bertz CT molecular complexity index is 997. The van der Waals surface area contributed by atoms with Crippen LogP contribution in [0.15, 0.2) is 22.0 Å². The molecule has 3 aromatic rings. The number of nitrogens with two attached hydrogens (primary N) is 1. The van der Waals surface area contributed by atoms with Crippen LogP contribution in [-0.4, -0.2) is 22.0 Å². The first kappa shape index (κ1) is 19.8. The zero-order chi connectivity index (χ0) is 19.7. The number of ether oxygens (including phenoxy) is 1. The highest BCUT2D eigenvalue weighted by molar-refractivity contribution is 9.11. The molecule has 0 saturated carbocycles. The summed E-state index contributed by atoms with van der Waals surface area (Å²) >= 11 is 6.67. The minimum Gasteiger partial charge on any atom is -0.489 e. The number of carbonyl (C=O) groups excluding carboxylic acids is 1. The lowest BCUT2D eigenvalue weighted by Crippen LogP contribution is -2.12. The van der Waals surface area contributed by atoms with Gasteiger partial charge in [0.25, 0.3) is 0 Å². The van der Waals surface area contributed by atoms with E-state index in [-0.39, 0.29) is 6.10 Å². The Hall–Kier alpha value is -1.97. The fourth-order valence-corrected chi connectivity index (χ4v) is 5.07. The summed E-state index contributed by atoms with van der Waals surface area (Å²) in [5.41, 5.74) is 8.27. The number of hydrogen-bond donors (Lipinski definition) is 2. The van der Waals surface area contributed by atoms with Gasteiger partial charge < -0.3 is 15.8 Å². The molecule has 1 amide bonds. The molecule has 0 fully saturated rings. The molecule has 142 valence electrons. The normalized spacial score (nSPS) is 11.0.